The summed E-state index contributed by atoms with van der Waals surface area (Å²) < 4.78 is 5.66. The molecule has 0 atom stereocenters. The molecule has 0 bridgehead atoms. The molecule has 0 fully saturated rings. The maximum atomic E-state index is 13.2. The van der Waals surface area contributed by atoms with Crippen LogP contribution in [0.25, 0.3) is 10.2 Å². The fourth-order valence-electron chi connectivity index (χ4n) is 3.56. The maximum Gasteiger partial charge on any atom is 0.331 e. The average molecular weight is 481 g/mol. The number of hydrogen-bond donors (Lipinski definition) is 3. The predicted octanol–water partition coefficient (Wildman–Crippen LogP) is 3.50. The van der Waals surface area contributed by atoms with E-state index in [-0.39, 0.29) is 31.0 Å². The summed E-state index contributed by atoms with van der Waals surface area (Å²) in [6.45, 7) is 9.57. The van der Waals surface area contributed by atoms with Gasteiger partial charge in [0.05, 0.1) is 34.7 Å². The van der Waals surface area contributed by atoms with Gasteiger partial charge in [-0.3, -0.25) is 14.5 Å². The van der Waals surface area contributed by atoms with Gasteiger partial charge in [-0.15, -0.1) is 11.3 Å². The lowest BCUT2D eigenvalue weighted by molar-refractivity contribution is -0.116. The molecule has 0 saturated heterocycles. The van der Waals surface area contributed by atoms with Crippen LogP contribution in [-0.4, -0.2) is 47.0 Å². The van der Waals surface area contributed by atoms with Gasteiger partial charge < -0.3 is 20.7 Å². The number of ether oxygens (including phenoxy) is 1. The molecule has 0 radical (unpaired) electrons. The zero-order valence-corrected chi connectivity index (χ0v) is 19.8. The number of amides is 4. The Kier molecular flexibility index (Phi) is 6.46. The van der Waals surface area contributed by atoms with Gasteiger partial charge in [0.25, 0.3) is 5.91 Å². The molecule has 1 aliphatic rings. The number of hydrogen-bond acceptors (Lipinski definition) is 7. The number of nitrogens with zero attached hydrogens (tertiary/aromatic N) is 3. The van der Waals surface area contributed by atoms with Crippen LogP contribution >= 0.6 is 11.3 Å². The number of carbonyl (C=O) groups excluding carboxylic acids is 3. The van der Waals surface area contributed by atoms with Gasteiger partial charge in [-0.2, -0.15) is 0 Å². The van der Waals surface area contributed by atoms with E-state index in [1.807, 2.05) is 20.8 Å². The third kappa shape index (κ3) is 4.42. The summed E-state index contributed by atoms with van der Waals surface area (Å²) in [6, 6.07) is 3.11. The van der Waals surface area contributed by atoms with Crippen molar-refractivity contribution in [1.82, 2.24) is 20.6 Å². The zero-order valence-electron chi connectivity index (χ0n) is 19.0. The first-order valence-electron chi connectivity index (χ1n) is 10.6. The molecule has 1 aliphatic heterocycles. The van der Waals surface area contributed by atoms with Gasteiger partial charge in [0.15, 0.2) is 0 Å². The van der Waals surface area contributed by atoms with E-state index in [0.717, 1.165) is 11.6 Å². The monoisotopic (exact) mass is 480 g/mol. The second-order valence-corrected chi connectivity index (χ2v) is 8.81. The lowest BCUT2D eigenvalue weighted by Crippen LogP contribution is -2.36. The van der Waals surface area contributed by atoms with Gasteiger partial charge in [-0.1, -0.05) is 6.58 Å². The lowest BCUT2D eigenvalue weighted by Gasteiger charge is -2.29. The summed E-state index contributed by atoms with van der Waals surface area (Å²) >= 11 is 1.19. The highest BCUT2D eigenvalue weighted by molar-refractivity contribution is 7.21. The molecule has 0 unspecified atom stereocenters. The van der Waals surface area contributed by atoms with Gasteiger partial charge in [-0.05, 0) is 38.5 Å². The first-order valence-corrected chi connectivity index (χ1v) is 11.5. The number of nitrogens with one attached hydrogen (secondary N) is 3. The van der Waals surface area contributed by atoms with Crippen LogP contribution in [0.3, 0.4) is 0 Å². The highest BCUT2D eigenvalue weighted by atomic mass is 32.1. The molecule has 0 spiro atoms. The van der Waals surface area contributed by atoms with Crippen molar-refractivity contribution >= 4 is 56.5 Å². The maximum absolute atomic E-state index is 13.2. The fraction of sp³-hybridized carbons (Fsp3) is 0.261. The van der Waals surface area contributed by atoms with Crippen molar-refractivity contribution in [3.8, 4) is 5.88 Å². The third-order valence-electron chi connectivity index (χ3n) is 5.00. The molecule has 176 valence electrons. The van der Waals surface area contributed by atoms with Crippen LogP contribution in [0.15, 0.2) is 37.2 Å². The highest BCUT2D eigenvalue weighted by Gasteiger charge is 2.33. The smallest absolute Gasteiger partial charge is 0.331 e. The Morgan fingerprint density at radius 3 is 2.74 bits per heavy atom. The SMILES string of the molecule is C=CC(=O)NCCNC(=O)c1sc2nccc3c2c1NC(=O)N3c1cnc(OC(C)C)cc1C. The third-order valence-corrected chi connectivity index (χ3v) is 6.10. The fourth-order valence-corrected chi connectivity index (χ4v) is 4.60. The van der Waals surface area contributed by atoms with Gasteiger partial charge in [0.2, 0.25) is 11.8 Å². The first-order chi connectivity index (χ1) is 16.3. The number of carbonyl (C=O) groups is 3. The number of rotatable bonds is 8. The second-order valence-electron chi connectivity index (χ2n) is 7.81. The first kappa shape index (κ1) is 23.2. The van der Waals surface area contributed by atoms with Crippen molar-refractivity contribution < 1.29 is 19.1 Å². The predicted molar refractivity (Wildman–Crippen MR) is 131 cm³/mol. The normalized spacial score (nSPS) is 12.5. The molecule has 10 nitrogen and oxygen atoms in total. The van der Waals surface area contributed by atoms with Gasteiger partial charge in [0, 0.05) is 25.4 Å². The Morgan fingerprint density at radius 2 is 2.03 bits per heavy atom. The van der Waals surface area contributed by atoms with Crippen LogP contribution in [0.2, 0.25) is 0 Å². The van der Waals surface area contributed by atoms with Crippen molar-refractivity contribution in [2.24, 2.45) is 0 Å². The summed E-state index contributed by atoms with van der Waals surface area (Å²) in [4.78, 5) is 48.5. The van der Waals surface area contributed by atoms with Crippen molar-refractivity contribution in [3.63, 3.8) is 0 Å². The van der Waals surface area contributed by atoms with Crippen LogP contribution in [0, 0.1) is 6.92 Å². The van der Waals surface area contributed by atoms with E-state index in [2.05, 4.69) is 32.5 Å². The Morgan fingerprint density at radius 1 is 1.26 bits per heavy atom. The Balaban J connectivity index is 1.65. The van der Waals surface area contributed by atoms with E-state index in [9.17, 15) is 14.4 Å². The van der Waals surface area contributed by atoms with Crippen LogP contribution in [-0.2, 0) is 4.79 Å². The Labute approximate surface area is 200 Å². The van der Waals surface area contributed by atoms with Crippen LogP contribution in [0.1, 0.15) is 29.1 Å². The molecule has 34 heavy (non-hydrogen) atoms. The molecule has 3 aromatic heterocycles. The standard InChI is InChI=1S/C23H24N6O4S/c1-5-16(30)24-8-9-25-21(31)20-19-18-14(6-7-26-22(18)34-20)29(23(32)28-19)15-11-27-17(10-13(15)4)33-12(2)3/h5-7,10-12H,1,8-9H2,2-4H3,(H,24,30)(H,25,31)(H,28,32). The molecular formula is C23H24N6O4S. The number of pyridine rings is 2. The number of aromatic nitrogens is 2. The summed E-state index contributed by atoms with van der Waals surface area (Å²) in [5.74, 6) is -0.201. The lowest BCUT2D eigenvalue weighted by atomic mass is 10.1. The summed E-state index contributed by atoms with van der Waals surface area (Å²) in [5, 5.41) is 8.87. The van der Waals surface area contributed by atoms with Crippen molar-refractivity contribution in [2.75, 3.05) is 23.3 Å². The summed E-state index contributed by atoms with van der Waals surface area (Å²) in [7, 11) is 0. The number of urea groups is 1. The summed E-state index contributed by atoms with van der Waals surface area (Å²) in [5.41, 5.74) is 2.44. The van der Waals surface area contributed by atoms with E-state index < -0.39 is 6.03 Å². The van der Waals surface area contributed by atoms with Gasteiger partial charge in [-0.25, -0.2) is 14.8 Å². The van der Waals surface area contributed by atoms with Crippen LogP contribution in [0.5, 0.6) is 5.88 Å². The number of anilines is 3. The van der Waals surface area contributed by atoms with Crippen molar-refractivity contribution in [1.29, 1.82) is 0 Å². The second kappa shape index (κ2) is 9.48. The minimum absolute atomic E-state index is 0.0213. The van der Waals surface area contributed by atoms with Gasteiger partial charge >= 0.3 is 6.03 Å². The zero-order chi connectivity index (χ0) is 24.4. The topological polar surface area (TPSA) is 126 Å². The molecule has 3 aromatic rings. The quantitative estimate of drug-likeness (QED) is 0.335. The Hall–Kier alpha value is -3.99. The van der Waals surface area contributed by atoms with Crippen LogP contribution in [0.4, 0.5) is 21.9 Å². The molecule has 4 heterocycles. The highest BCUT2D eigenvalue weighted by Crippen LogP contribution is 2.46. The van der Waals surface area contributed by atoms with E-state index in [1.165, 1.54) is 16.2 Å². The molecule has 0 aromatic carbocycles. The van der Waals surface area contributed by atoms with Crippen molar-refractivity contribution in [2.45, 2.75) is 26.9 Å². The average Bonchev–Trinajstić information content (AvgIpc) is 3.16. The number of thiophene rings is 1. The van der Waals surface area contributed by atoms with Crippen LogP contribution < -0.4 is 25.6 Å². The largest absolute Gasteiger partial charge is 0.475 e. The Bertz CT molecular complexity index is 1300. The van der Waals surface area contributed by atoms with Gasteiger partial charge in [0.1, 0.15) is 9.71 Å². The summed E-state index contributed by atoms with van der Waals surface area (Å²) in [6.07, 6.45) is 4.34. The van der Waals surface area contributed by atoms with E-state index >= 15 is 0 Å². The molecule has 0 aliphatic carbocycles. The minimum atomic E-state index is -0.409. The van der Waals surface area contributed by atoms with E-state index in [0.29, 0.717) is 38.0 Å². The van der Waals surface area contributed by atoms with E-state index in [4.69, 9.17) is 4.74 Å². The molecule has 0 saturated carbocycles. The molecular weight excluding hydrogens is 456 g/mol. The molecule has 11 heteroatoms. The minimum Gasteiger partial charge on any atom is -0.475 e. The van der Waals surface area contributed by atoms with Crippen molar-refractivity contribution in [3.05, 3.63) is 47.6 Å². The molecule has 4 amide bonds. The molecule has 4 rings (SSSR count). The van der Waals surface area contributed by atoms with E-state index in [1.54, 1.807) is 24.5 Å². The molecule has 3 N–H and O–H groups in total. The number of aryl methyl sites for hydroxylation is 1.